The number of anilines is 1. The van der Waals surface area contributed by atoms with Crippen LogP contribution in [0.5, 0.6) is 0 Å². The standard InChI is InChI=1S/C23H23N5O2/c1-16-8-6-7-11-18(16)15-28-21(29)19-20(25(2)23(28)30)24-22-26(12-13-27(19)22)14-17-9-4-3-5-10-17/h3-11H,12-15H2,1-2H3. The Hall–Kier alpha value is -3.61. The summed E-state index contributed by atoms with van der Waals surface area (Å²) in [5.41, 5.74) is 3.51. The zero-order chi connectivity index (χ0) is 20.8. The van der Waals surface area contributed by atoms with Crippen molar-refractivity contribution in [2.75, 3.05) is 11.4 Å². The van der Waals surface area contributed by atoms with Crippen LogP contribution >= 0.6 is 0 Å². The molecule has 5 rings (SSSR count). The molecule has 0 unspecified atom stereocenters. The van der Waals surface area contributed by atoms with E-state index in [2.05, 4.69) is 17.0 Å². The minimum Gasteiger partial charge on any atom is -0.336 e. The van der Waals surface area contributed by atoms with Crippen LogP contribution in [0.1, 0.15) is 16.7 Å². The average molecular weight is 401 g/mol. The molecule has 1 aliphatic rings. The van der Waals surface area contributed by atoms with E-state index in [-0.39, 0.29) is 17.8 Å². The number of fused-ring (bicyclic) bond motifs is 3. The molecule has 4 aromatic rings. The lowest BCUT2D eigenvalue weighted by atomic mass is 10.1. The summed E-state index contributed by atoms with van der Waals surface area (Å²) in [4.78, 5) is 33.2. The van der Waals surface area contributed by atoms with Gasteiger partial charge in [-0.1, -0.05) is 54.6 Å². The molecule has 2 aromatic carbocycles. The second-order valence-corrected chi connectivity index (χ2v) is 7.80. The van der Waals surface area contributed by atoms with E-state index in [4.69, 9.17) is 4.98 Å². The van der Waals surface area contributed by atoms with Crippen molar-refractivity contribution >= 4 is 17.1 Å². The maximum Gasteiger partial charge on any atom is 0.332 e. The zero-order valence-corrected chi connectivity index (χ0v) is 17.1. The van der Waals surface area contributed by atoms with Crippen LogP contribution in [0.25, 0.3) is 11.2 Å². The number of aromatic nitrogens is 4. The summed E-state index contributed by atoms with van der Waals surface area (Å²) in [5, 5.41) is 0. The molecule has 3 heterocycles. The van der Waals surface area contributed by atoms with Gasteiger partial charge in [0.1, 0.15) is 0 Å². The van der Waals surface area contributed by atoms with Crippen LogP contribution in [0.3, 0.4) is 0 Å². The Morgan fingerprint density at radius 3 is 2.43 bits per heavy atom. The maximum absolute atomic E-state index is 13.4. The minimum absolute atomic E-state index is 0.252. The number of aryl methyl sites for hydroxylation is 2. The molecule has 0 N–H and O–H groups in total. The van der Waals surface area contributed by atoms with Gasteiger partial charge in [-0.3, -0.25) is 13.9 Å². The highest BCUT2D eigenvalue weighted by Gasteiger charge is 2.27. The van der Waals surface area contributed by atoms with Crippen molar-refractivity contribution in [2.24, 2.45) is 7.05 Å². The Balaban J connectivity index is 1.62. The smallest absolute Gasteiger partial charge is 0.332 e. The molecule has 0 amide bonds. The first-order chi connectivity index (χ1) is 14.5. The summed E-state index contributed by atoms with van der Waals surface area (Å²) in [5.74, 6) is 0.745. The summed E-state index contributed by atoms with van der Waals surface area (Å²) in [6.07, 6.45) is 0. The highest BCUT2D eigenvalue weighted by Crippen LogP contribution is 2.26. The monoisotopic (exact) mass is 401 g/mol. The van der Waals surface area contributed by atoms with Gasteiger partial charge in [-0.15, -0.1) is 0 Å². The fourth-order valence-corrected chi connectivity index (χ4v) is 4.18. The topological polar surface area (TPSA) is 65.1 Å². The van der Waals surface area contributed by atoms with Crippen LogP contribution < -0.4 is 16.1 Å². The number of hydrogen-bond donors (Lipinski definition) is 0. The SMILES string of the molecule is Cc1ccccc1Cn1c(=O)c2c(nc3n2CCN3Cc2ccccc2)n(C)c1=O. The zero-order valence-electron chi connectivity index (χ0n) is 17.1. The normalized spacial score (nSPS) is 13.2. The van der Waals surface area contributed by atoms with Gasteiger partial charge in [0.05, 0.1) is 6.54 Å². The Bertz CT molecular complexity index is 1360. The first kappa shape index (κ1) is 18.4. The quantitative estimate of drug-likeness (QED) is 0.526. The van der Waals surface area contributed by atoms with Gasteiger partial charge >= 0.3 is 5.69 Å². The predicted molar refractivity (Wildman–Crippen MR) is 117 cm³/mol. The molecular formula is C23H23N5O2. The molecule has 7 nitrogen and oxygen atoms in total. The van der Waals surface area contributed by atoms with E-state index in [1.54, 1.807) is 7.05 Å². The number of nitrogens with zero attached hydrogens (tertiary/aromatic N) is 5. The predicted octanol–water partition coefficient (Wildman–Crippen LogP) is 2.27. The number of rotatable bonds is 4. The Morgan fingerprint density at radius 1 is 0.933 bits per heavy atom. The fraction of sp³-hybridized carbons (Fsp3) is 0.261. The summed E-state index contributed by atoms with van der Waals surface area (Å²) in [7, 11) is 1.68. The second kappa shape index (κ2) is 7.02. The lowest BCUT2D eigenvalue weighted by Gasteiger charge is -2.15. The number of imidazole rings is 1. The van der Waals surface area contributed by atoms with Gasteiger partial charge < -0.3 is 9.47 Å². The summed E-state index contributed by atoms with van der Waals surface area (Å²) >= 11 is 0. The van der Waals surface area contributed by atoms with E-state index in [9.17, 15) is 9.59 Å². The Morgan fingerprint density at radius 2 is 1.67 bits per heavy atom. The van der Waals surface area contributed by atoms with Crippen molar-refractivity contribution in [1.29, 1.82) is 0 Å². The van der Waals surface area contributed by atoms with Crippen LogP contribution in [0.15, 0.2) is 64.2 Å². The molecule has 2 aromatic heterocycles. The average Bonchev–Trinajstić information content (AvgIpc) is 3.32. The fourth-order valence-electron chi connectivity index (χ4n) is 4.18. The molecule has 30 heavy (non-hydrogen) atoms. The van der Waals surface area contributed by atoms with Gasteiger partial charge in [0.25, 0.3) is 5.56 Å². The summed E-state index contributed by atoms with van der Waals surface area (Å²) in [6, 6.07) is 18.0. The van der Waals surface area contributed by atoms with Crippen LogP contribution in [-0.4, -0.2) is 25.2 Å². The van der Waals surface area contributed by atoms with Gasteiger partial charge in [0.15, 0.2) is 11.2 Å². The van der Waals surface area contributed by atoms with E-state index in [0.717, 1.165) is 30.2 Å². The molecule has 0 aliphatic carbocycles. The van der Waals surface area contributed by atoms with Crippen LogP contribution in [0, 0.1) is 6.92 Å². The second-order valence-electron chi connectivity index (χ2n) is 7.80. The van der Waals surface area contributed by atoms with E-state index in [0.29, 0.717) is 17.7 Å². The van der Waals surface area contributed by atoms with Crippen LogP contribution in [0.4, 0.5) is 5.95 Å². The van der Waals surface area contributed by atoms with Crippen molar-refractivity contribution in [2.45, 2.75) is 26.6 Å². The molecule has 0 saturated heterocycles. The van der Waals surface area contributed by atoms with Gasteiger partial charge in [-0.25, -0.2) is 4.79 Å². The van der Waals surface area contributed by atoms with Crippen LogP contribution in [0.2, 0.25) is 0 Å². The Kier molecular flexibility index (Phi) is 4.31. The lowest BCUT2D eigenvalue weighted by Crippen LogP contribution is -2.40. The molecule has 1 aliphatic heterocycles. The lowest BCUT2D eigenvalue weighted by molar-refractivity contribution is 0.650. The third kappa shape index (κ3) is 2.85. The highest BCUT2D eigenvalue weighted by molar-refractivity contribution is 5.75. The first-order valence-corrected chi connectivity index (χ1v) is 10.1. The number of hydrogen-bond acceptors (Lipinski definition) is 4. The number of benzene rings is 2. The van der Waals surface area contributed by atoms with Crippen LogP contribution in [-0.2, 0) is 26.7 Å². The van der Waals surface area contributed by atoms with Crippen molar-refractivity contribution in [3.05, 3.63) is 92.1 Å². The Labute approximate surface area is 173 Å². The van der Waals surface area contributed by atoms with Gasteiger partial charge in [-0.2, -0.15) is 4.98 Å². The molecule has 152 valence electrons. The van der Waals surface area contributed by atoms with Crippen molar-refractivity contribution < 1.29 is 0 Å². The minimum atomic E-state index is -0.345. The van der Waals surface area contributed by atoms with Crippen molar-refractivity contribution in [1.82, 2.24) is 18.7 Å². The summed E-state index contributed by atoms with van der Waals surface area (Å²) in [6.45, 7) is 4.42. The highest BCUT2D eigenvalue weighted by atomic mass is 16.2. The summed E-state index contributed by atoms with van der Waals surface area (Å²) < 4.78 is 4.76. The molecule has 0 bridgehead atoms. The third-order valence-corrected chi connectivity index (χ3v) is 5.89. The molecule has 0 spiro atoms. The molecule has 0 atom stereocenters. The molecule has 7 heteroatoms. The maximum atomic E-state index is 13.4. The van der Waals surface area contributed by atoms with E-state index < -0.39 is 0 Å². The van der Waals surface area contributed by atoms with Crippen molar-refractivity contribution in [3.8, 4) is 0 Å². The molecule has 0 saturated carbocycles. The molecule has 0 fully saturated rings. The van der Waals surface area contributed by atoms with E-state index in [1.807, 2.05) is 54.0 Å². The van der Waals surface area contributed by atoms with E-state index in [1.165, 1.54) is 14.7 Å². The van der Waals surface area contributed by atoms with Gasteiger partial charge in [0, 0.05) is 26.7 Å². The molecule has 0 radical (unpaired) electrons. The largest absolute Gasteiger partial charge is 0.336 e. The molecular weight excluding hydrogens is 378 g/mol. The third-order valence-electron chi connectivity index (χ3n) is 5.89. The first-order valence-electron chi connectivity index (χ1n) is 10.1. The van der Waals surface area contributed by atoms with Gasteiger partial charge in [0.2, 0.25) is 5.95 Å². The van der Waals surface area contributed by atoms with Gasteiger partial charge in [-0.05, 0) is 23.6 Å². The van der Waals surface area contributed by atoms with E-state index >= 15 is 0 Å². The van der Waals surface area contributed by atoms with Crippen molar-refractivity contribution in [3.63, 3.8) is 0 Å².